The molecule has 1 heterocycles. The Kier molecular flexibility index (Phi) is 9.68. The lowest BCUT2D eigenvalue weighted by Gasteiger charge is -2.15. The number of carbonyl (C=O) groups excluding carboxylic acids is 2. The maximum Gasteiger partial charge on any atom is 0.271 e. The number of amidine groups is 1. The fraction of sp³-hybridized carbons (Fsp3) is 0.0333. The number of aliphatic imine (C=N–C) groups is 1. The lowest BCUT2D eigenvalue weighted by atomic mass is 10.1. The molecule has 0 bridgehead atoms. The summed E-state index contributed by atoms with van der Waals surface area (Å²) < 4.78 is 5.82. The molecule has 5 rings (SSSR count). The van der Waals surface area contributed by atoms with Gasteiger partial charge in [0.1, 0.15) is 5.75 Å². The van der Waals surface area contributed by atoms with E-state index < -0.39 is 5.91 Å². The number of anilines is 2. The Bertz CT molecular complexity index is 1730. The average molecular weight is 678 g/mol. The van der Waals surface area contributed by atoms with E-state index in [4.69, 9.17) is 67.7 Å². The summed E-state index contributed by atoms with van der Waals surface area (Å²) >= 11 is 31.6. The summed E-state index contributed by atoms with van der Waals surface area (Å²) in [6.07, 6.45) is 1.65. The first-order valence-electron chi connectivity index (χ1n) is 12.2. The number of hydrogen-bond donors (Lipinski definition) is 1. The van der Waals surface area contributed by atoms with Crippen molar-refractivity contribution in [2.75, 3.05) is 16.8 Å². The van der Waals surface area contributed by atoms with Crippen LogP contribution < -0.4 is 15.0 Å². The third-order valence-electron chi connectivity index (χ3n) is 5.76. The molecule has 0 aliphatic carbocycles. The molecule has 1 N–H and O–H groups in total. The van der Waals surface area contributed by atoms with E-state index in [9.17, 15) is 9.59 Å². The van der Waals surface area contributed by atoms with Gasteiger partial charge in [-0.15, -0.1) is 0 Å². The highest BCUT2D eigenvalue weighted by molar-refractivity contribution is 8.19. The smallest absolute Gasteiger partial charge is 0.271 e. The molecule has 212 valence electrons. The number of nitrogens with one attached hydrogen (secondary N) is 1. The van der Waals surface area contributed by atoms with E-state index in [0.29, 0.717) is 63.6 Å². The van der Waals surface area contributed by atoms with Crippen LogP contribution in [0.25, 0.3) is 6.08 Å². The predicted molar refractivity (Wildman–Crippen MR) is 175 cm³/mol. The summed E-state index contributed by atoms with van der Waals surface area (Å²) in [4.78, 5) is 32.8. The van der Waals surface area contributed by atoms with Crippen LogP contribution in [0, 0.1) is 0 Å². The summed E-state index contributed by atoms with van der Waals surface area (Å²) in [5.41, 5.74) is 2.19. The summed E-state index contributed by atoms with van der Waals surface area (Å²) in [6.45, 7) is -0.306. The van der Waals surface area contributed by atoms with Crippen molar-refractivity contribution in [1.82, 2.24) is 0 Å². The molecule has 0 unspecified atom stereocenters. The minimum Gasteiger partial charge on any atom is -0.483 e. The predicted octanol–water partition coefficient (Wildman–Crippen LogP) is 9.78. The number of rotatable bonds is 7. The molecule has 2 amide bonds. The van der Waals surface area contributed by atoms with Crippen LogP contribution in [0.1, 0.15) is 5.56 Å². The second-order valence-electron chi connectivity index (χ2n) is 8.75. The fourth-order valence-electron chi connectivity index (χ4n) is 3.81. The number of carbonyl (C=O) groups is 2. The van der Waals surface area contributed by atoms with Crippen LogP contribution in [0.15, 0.2) is 94.8 Å². The van der Waals surface area contributed by atoms with Gasteiger partial charge in [0.15, 0.2) is 11.8 Å². The van der Waals surface area contributed by atoms with Crippen molar-refractivity contribution in [1.29, 1.82) is 0 Å². The van der Waals surface area contributed by atoms with E-state index in [1.807, 2.05) is 0 Å². The highest BCUT2D eigenvalue weighted by Crippen LogP contribution is 2.39. The zero-order valence-electron chi connectivity index (χ0n) is 21.3. The van der Waals surface area contributed by atoms with Gasteiger partial charge in [-0.05, 0) is 103 Å². The summed E-state index contributed by atoms with van der Waals surface area (Å²) in [5.74, 6) is -0.372. The lowest BCUT2D eigenvalue weighted by molar-refractivity contribution is -0.118. The standard InChI is InChI=1S/C30H18Cl5N3O3S/c31-18-1-6-21(7-2-18)37-30-38(23-9-3-19(32)4-10-23)29(40)27(42-30)14-17-13-20(33)5-12-26(17)41-16-28(39)36-22-8-11-24(34)25(35)15-22/h1-15H,16H2,(H,36,39)/b27-14+,37-30?. The largest absolute Gasteiger partial charge is 0.483 e. The monoisotopic (exact) mass is 675 g/mol. The van der Waals surface area contributed by atoms with Gasteiger partial charge < -0.3 is 10.1 Å². The zero-order valence-corrected chi connectivity index (χ0v) is 25.9. The van der Waals surface area contributed by atoms with Gasteiger partial charge in [0.25, 0.3) is 11.8 Å². The molecule has 0 saturated carbocycles. The number of thioether (sulfide) groups is 1. The summed E-state index contributed by atoms with van der Waals surface area (Å²) in [5, 5.41) is 5.36. The maximum atomic E-state index is 13.7. The number of ether oxygens (including phenoxy) is 1. The summed E-state index contributed by atoms with van der Waals surface area (Å²) in [6, 6.07) is 23.5. The number of hydrogen-bond acceptors (Lipinski definition) is 5. The van der Waals surface area contributed by atoms with Crippen molar-refractivity contribution in [2.24, 2.45) is 4.99 Å². The van der Waals surface area contributed by atoms with Gasteiger partial charge in [-0.25, -0.2) is 4.99 Å². The second kappa shape index (κ2) is 13.4. The van der Waals surface area contributed by atoms with Gasteiger partial charge in [0.05, 0.1) is 26.3 Å². The molecule has 1 aliphatic heterocycles. The van der Waals surface area contributed by atoms with Crippen LogP contribution in [-0.2, 0) is 9.59 Å². The Hall–Kier alpha value is -3.17. The van der Waals surface area contributed by atoms with Crippen molar-refractivity contribution < 1.29 is 14.3 Å². The highest BCUT2D eigenvalue weighted by atomic mass is 35.5. The van der Waals surface area contributed by atoms with Crippen molar-refractivity contribution in [2.45, 2.75) is 0 Å². The molecule has 4 aromatic rings. The number of nitrogens with zero attached hydrogens (tertiary/aromatic N) is 2. The van der Waals surface area contributed by atoms with Crippen molar-refractivity contribution in [3.8, 4) is 5.75 Å². The third-order valence-corrected chi connectivity index (χ3v) is 8.21. The number of halogens is 5. The highest BCUT2D eigenvalue weighted by Gasteiger charge is 2.35. The van der Waals surface area contributed by atoms with Gasteiger partial charge in [0, 0.05) is 26.3 Å². The molecule has 6 nitrogen and oxygen atoms in total. The average Bonchev–Trinajstić information content (AvgIpc) is 3.26. The summed E-state index contributed by atoms with van der Waals surface area (Å²) in [7, 11) is 0. The Balaban J connectivity index is 1.42. The topological polar surface area (TPSA) is 71.0 Å². The molecule has 1 aliphatic rings. The first-order chi connectivity index (χ1) is 20.2. The van der Waals surface area contributed by atoms with Crippen LogP contribution >= 0.6 is 69.8 Å². The van der Waals surface area contributed by atoms with Crippen molar-refractivity contribution in [3.05, 3.63) is 121 Å². The van der Waals surface area contributed by atoms with Crippen LogP contribution in [0.4, 0.5) is 17.1 Å². The van der Waals surface area contributed by atoms with Gasteiger partial charge in [-0.3, -0.25) is 14.5 Å². The maximum absolute atomic E-state index is 13.7. The van der Waals surface area contributed by atoms with Crippen LogP contribution in [0.5, 0.6) is 5.75 Å². The Labute approximate surface area is 270 Å². The Morgan fingerprint density at radius 1 is 0.833 bits per heavy atom. The van der Waals surface area contributed by atoms with Crippen LogP contribution in [0.3, 0.4) is 0 Å². The van der Waals surface area contributed by atoms with E-state index in [1.54, 1.807) is 91.0 Å². The first-order valence-corrected chi connectivity index (χ1v) is 14.9. The Morgan fingerprint density at radius 2 is 1.50 bits per heavy atom. The molecule has 4 aromatic carbocycles. The first kappa shape index (κ1) is 30.3. The second-order valence-corrected chi connectivity index (χ2v) is 11.9. The van der Waals surface area contributed by atoms with E-state index in [2.05, 4.69) is 5.32 Å². The molecule has 1 saturated heterocycles. The SMILES string of the molecule is O=C(COc1ccc(Cl)cc1/C=C1/SC(=Nc2ccc(Cl)cc2)N(c2ccc(Cl)cc2)C1=O)Nc1ccc(Cl)c(Cl)c1. The van der Waals surface area contributed by atoms with E-state index in [0.717, 1.165) is 0 Å². The van der Waals surface area contributed by atoms with Crippen molar-refractivity contribution >= 4 is 110 Å². The molecule has 0 aromatic heterocycles. The molecule has 0 atom stereocenters. The van der Waals surface area contributed by atoms with Crippen LogP contribution in [-0.4, -0.2) is 23.6 Å². The van der Waals surface area contributed by atoms with Gasteiger partial charge >= 0.3 is 0 Å². The molecular formula is C30H18Cl5N3O3S. The van der Waals surface area contributed by atoms with Gasteiger partial charge in [0.2, 0.25) is 0 Å². The lowest BCUT2D eigenvalue weighted by Crippen LogP contribution is -2.28. The van der Waals surface area contributed by atoms with Gasteiger partial charge in [-0.1, -0.05) is 58.0 Å². The minimum absolute atomic E-state index is 0.306. The number of benzene rings is 4. The molecule has 0 radical (unpaired) electrons. The quantitative estimate of drug-likeness (QED) is 0.198. The molecule has 42 heavy (non-hydrogen) atoms. The molecule has 12 heteroatoms. The van der Waals surface area contributed by atoms with E-state index >= 15 is 0 Å². The van der Waals surface area contributed by atoms with Crippen LogP contribution in [0.2, 0.25) is 25.1 Å². The zero-order chi connectivity index (χ0) is 29.8. The molecule has 0 spiro atoms. The third kappa shape index (κ3) is 7.42. The minimum atomic E-state index is -0.417. The van der Waals surface area contributed by atoms with Gasteiger partial charge in [-0.2, -0.15) is 0 Å². The normalized spacial score (nSPS) is 15.0. The van der Waals surface area contributed by atoms with E-state index in [1.165, 1.54) is 16.7 Å². The fourth-order valence-corrected chi connectivity index (χ4v) is 5.53. The Morgan fingerprint density at radius 3 is 2.19 bits per heavy atom. The molecule has 1 fully saturated rings. The molecular weight excluding hydrogens is 660 g/mol. The van der Waals surface area contributed by atoms with Crippen molar-refractivity contribution in [3.63, 3.8) is 0 Å². The number of amides is 2. The van der Waals surface area contributed by atoms with E-state index in [-0.39, 0.29) is 12.5 Å².